The molecule has 3 heterocycles. The minimum absolute atomic E-state index is 0.139. The number of likely N-dealkylation sites (tertiary alicyclic amines) is 1. The number of hydrogen-bond acceptors (Lipinski definition) is 4. The third kappa shape index (κ3) is 3.08. The minimum Gasteiger partial charge on any atom is -0.465 e. The fourth-order valence-corrected chi connectivity index (χ4v) is 2.46. The van der Waals surface area contributed by atoms with Crippen LogP contribution in [0.3, 0.4) is 0 Å². The minimum atomic E-state index is -0.915. The highest BCUT2D eigenvalue weighted by Crippen LogP contribution is 2.15. The Hall–Kier alpha value is -2.84. The fraction of sp³-hybridized carbons (Fsp3) is 0.385. The molecule has 0 radical (unpaired) electrons. The predicted octanol–water partition coefficient (Wildman–Crippen LogP) is 1.08. The molecule has 9 nitrogen and oxygen atoms in total. The van der Waals surface area contributed by atoms with Crippen molar-refractivity contribution in [2.45, 2.75) is 6.42 Å². The number of rotatable bonds is 3. The van der Waals surface area contributed by atoms with Crippen molar-refractivity contribution in [2.75, 3.05) is 25.0 Å². The number of hydrogen-bond donors (Lipinski definition) is 4. The van der Waals surface area contributed by atoms with Gasteiger partial charge in [0.05, 0.1) is 6.20 Å². The van der Waals surface area contributed by atoms with Gasteiger partial charge in [0.1, 0.15) is 5.52 Å². The van der Waals surface area contributed by atoms with E-state index in [1.54, 1.807) is 12.3 Å². The highest BCUT2D eigenvalue weighted by molar-refractivity contribution is 5.89. The molecular formula is C13H16N6O3. The summed E-state index contributed by atoms with van der Waals surface area (Å²) in [6, 6.07) is 1.39. The summed E-state index contributed by atoms with van der Waals surface area (Å²) >= 11 is 0. The molecule has 1 aliphatic rings. The van der Waals surface area contributed by atoms with Crippen molar-refractivity contribution in [3.05, 3.63) is 18.5 Å². The molecule has 0 aliphatic carbocycles. The fourth-order valence-electron chi connectivity index (χ4n) is 2.46. The standard InChI is InChI=1S/C13H16N6O3/c20-12(16-5-8-2-4-19(7-8)13(21)22)18-10-6-15-11-9(17-10)1-3-14-11/h1,3,6,8H,2,4-5,7H2,(H,14,15)(H,21,22)(H2,16,17,18,20). The van der Waals surface area contributed by atoms with Crippen LogP contribution in [0.15, 0.2) is 18.5 Å². The zero-order valence-corrected chi connectivity index (χ0v) is 11.7. The van der Waals surface area contributed by atoms with E-state index < -0.39 is 6.09 Å². The van der Waals surface area contributed by atoms with Crippen molar-refractivity contribution in [3.63, 3.8) is 0 Å². The van der Waals surface area contributed by atoms with Crippen molar-refractivity contribution in [3.8, 4) is 0 Å². The van der Waals surface area contributed by atoms with Gasteiger partial charge in [0.2, 0.25) is 0 Å². The van der Waals surface area contributed by atoms with Crippen LogP contribution in [0.25, 0.3) is 11.2 Å². The topological polar surface area (TPSA) is 123 Å². The van der Waals surface area contributed by atoms with E-state index in [9.17, 15) is 9.59 Å². The van der Waals surface area contributed by atoms with E-state index >= 15 is 0 Å². The van der Waals surface area contributed by atoms with Gasteiger partial charge in [0, 0.05) is 25.8 Å². The maximum absolute atomic E-state index is 11.8. The summed E-state index contributed by atoms with van der Waals surface area (Å²) in [5, 5.41) is 14.2. The molecule has 1 saturated heterocycles. The maximum atomic E-state index is 11.8. The zero-order valence-electron chi connectivity index (χ0n) is 11.7. The Morgan fingerprint density at radius 2 is 2.36 bits per heavy atom. The molecule has 4 N–H and O–H groups in total. The Bertz CT molecular complexity index is 700. The van der Waals surface area contributed by atoms with Crippen LogP contribution in [-0.2, 0) is 0 Å². The number of H-pyrrole nitrogens is 1. The average molecular weight is 304 g/mol. The summed E-state index contributed by atoms with van der Waals surface area (Å²) in [6.45, 7) is 1.39. The molecule has 0 aromatic carbocycles. The number of aromatic nitrogens is 3. The zero-order chi connectivity index (χ0) is 15.5. The number of amides is 3. The second-order valence-corrected chi connectivity index (χ2v) is 5.19. The van der Waals surface area contributed by atoms with E-state index in [1.165, 1.54) is 11.1 Å². The van der Waals surface area contributed by atoms with Crippen LogP contribution in [0.2, 0.25) is 0 Å². The van der Waals surface area contributed by atoms with Crippen LogP contribution >= 0.6 is 0 Å². The molecule has 3 rings (SSSR count). The largest absolute Gasteiger partial charge is 0.465 e. The Morgan fingerprint density at radius 1 is 1.50 bits per heavy atom. The monoisotopic (exact) mass is 304 g/mol. The number of anilines is 1. The van der Waals surface area contributed by atoms with Gasteiger partial charge >= 0.3 is 12.1 Å². The van der Waals surface area contributed by atoms with E-state index in [4.69, 9.17) is 5.11 Å². The van der Waals surface area contributed by atoms with Crippen molar-refractivity contribution in [2.24, 2.45) is 5.92 Å². The molecule has 22 heavy (non-hydrogen) atoms. The Labute approximate surface area is 125 Å². The number of urea groups is 1. The van der Waals surface area contributed by atoms with Crippen molar-refractivity contribution in [1.82, 2.24) is 25.2 Å². The van der Waals surface area contributed by atoms with E-state index in [0.717, 1.165) is 6.42 Å². The van der Waals surface area contributed by atoms with Crippen molar-refractivity contribution in [1.29, 1.82) is 0 Å². The van der Waals surface area contributed by atoms with Crippen LogP contribution in [0, 0.1) is 5.92 Å². The molecule has 1 aliphatic heterocycles. The third-order valence-corrected chi connectivity index (χ3v) is 3.61. The van der Waals surface area contributed by atoms with Gasteiger partial charge in [-0.1, -0.05) is 0 Å². The van der Waals surface area contributed by atoms with Gasteiger partial charge in [-0.15, -0.1) is 0 Å². The molecule has 2 aromatic heterocycles. The normalized spacial score (nSPS) is 17.6. The lowest BCUT2D eigenvalue weighted by Gasteiger charge is -2.13. The first-order valence-corrected chi connectivity index (χ1v) is 6.94. The van der Waals surface area contributed by atoms with Crippen molar-refractivity contribution < 1.29 is 14.7 Å². The summed E-state index contributed by atoms with van der Waals surface area (Å²) < 4.78 is 0. The lowest BCUT2D eigenvalue weighted by Crippen LogP contribution is -2.35. The van der Waals surface area contributed by atoms with E-state index in [0.29, 0.717) is 36.6 Å². The lowest BCUT2D eigenvalue weighted by molar-refractivity contribution is 0.154. The second kappa shape index (κ2) is 5.88. The summed E-state index contributed by atoms with van der Waals surface area (Å²) in [4.78, 5) is 35.3. The SMILES string of the molecule is O=C(NCC1CCN(C(=O)O)C1)Nc1cnc2[nH]ccc2n1. The van der Waals surface area contributed by atoms with Crippen LogP contribution in [-0.4, -0.2) is 56.7 Å². The number of carbonyl (C=O) groups is 2. The molecule has 0 spiro atoms. The van der Waals surface area contributed by atoms with Crippen LogP contribution < -0.4 is 10.6 Å². The maximum Gasteiger partial charge on any atom is 0.407 e. The molecule has 0 saturated carbocycles. The molecule has 1 unspecified atom stereocenters. The molecule has 116 valence electrons. The number of carbonyl (C=O) groups excluding carboxylic acids is 1. The van der Waals surface area contributed by atoms with Gasteiger partial charge < -0.3 is 20.3 Å². The quantitative estimate of drug-likeness (QED) is 0.675. The van der Waals surface area contributed by atoms with Crippen LogP contribution in [0.1, 0.15) is 6.42 Å². The lowest BCUT2D eigenvalue weighted by atomic mass is 10.1. The van der Waals surface area contributed by atoms with E-state index in [-0.39, 0.29) is 11.9 Å². The molecular weight excluding hydrogens is 288 g/mol. The van der Waals surface area contributed by atoms with Gasteiger partial charge in [-0.3, -0.25) is 5.32 Å². The first-order valence-electron chi connectivity index (χ1n) is 6.94. The number of fused-ring (bicyclic) bond motifs is 1. The van der Waals surface area contributed by atoms with Gasteiger partial charge in [-0.05, 0) is 18.4 Å². The molecule has 3 amide bonds. The first kappa shape index (κ1) is 14.1. The van der Waals surface area contributed by atoms with Crippen LogP contribution in [0.5, 0.6) is 0 Å². The molecule has 9 heteroatoms. The van der Waals surface area contributed by atoms with Crippen LogP contribution in [0.4, 0.5) is 15.4 Å². The Balaban J connectivity index is 1.49. The van der Waals surface area contributed by atoms with Gasteiger partial charge in [-0.2, -0.15) is 0 Å². The number of nitrogens with zero attached hydrogens (tertiary/aromatic N) is 3. The smallest absolute Gasteiger partial charge is 0.407 e. The summed E-state index contributed by atoms with van der Waals surface area (Å²) in [5.74, 6) is 0.503. The average Bonchev–Trinajstić information content (AvgIpc) is 3.13. The van der Waals surface area contributed by atoms with E-state index in [2.05, 4.69) is 25.6 Å². The number of nitrogens with one attached hydrogen (secondary N) is 3. The highest BCUT2D eigenvalue weighted by Gasteiger charge is 2.25. The Morgan fingerprint density at radius 3 is 3.14 bits per heavy atom. The number of aromatic amines is 1. The third-order valence-electron chi connectivity index (χ3n) is 3.61. The van der Waals surface area contributed by atoms with Gasteiger partial charge in [-0.25, -0.2) is 19.6 Å². The Kier molecular flexibility index (Phi) is 3.77. The molecule has 1 atom stereocenters. The number of carboxylic acid groups (broad SMARTS) is 1. The summed E-state index contributed by atoms with van der Waals surface area (Å²) in [6.07, 6.45) is 3.03. The molecule has 1 fully saturated rings. The van der Waals surface area contributed by atoms with Gasteiger partial charge in [0.25, 0.3) is 0 Å². The van der Waals surface area contributed by atoms with Gasteiger partial charge in [0.15, 0.2) is 11.5 Å². The van der Waals surface area contributed by atoms with E-state index in [1.807, 2.05) is 0 Å². The summed E-state index contributed by atoms with van der Waals surface area (Å²) in [7, 11) is 0. The summed E-state index contributed by atoms with van der Waals surface area (Å²) in [5.41, 5.74) is 1.33. The molecule has 2 aromatic rings. The predicted molar refractivity (Wildman–Crippen MR) is 78.6 cm³/mol. The molecule has 0 bridgehead atoms. The highest BCUT2D eigenvalue weighted by atomic mass is 16.4. The first-order chi connectivity index (χ1) is 10.6. The van der Waals surface area contributed by atoms with Crippen molar-refractivity contribution >= 4 is 29.1 Å². The second-order valence-electron chi connectivity index (χ2n) is 5.19.